The summed E-state index contributed by atoms with van der Waals surface area (Å²) in [5, 5.41) is 4.16. The van der Waals surface area contributed by atoms with E-state index < -0.39 is 5.60 Å². The number of rotatable bonds is 7. The molecule has 1 aromatic heterocycles. The number of hydrogen-bond acceptors (Lipinski definition) is 6. The van der Waals surface area contributed by atoms with Crippen LogP contribution in [0.3, 0.4) is 0 Å². The van der Waals surface area contributed by atoms with Crippen LogP contribution < -0.4 is 9.80 Å². The Morgan fingerprint density at radius 3 is 2.61 bits per heavy atom. The van der Waals surface area contributed by atoms with Crippen molar-refractivity contribution in [3.8, 4) is 0 Å². The van der Waals surface area contributed by atoms with E-state index in [0.29, 0.717) is 24.7 Å². The molecule has 1 saturated heterocycles. The van der Waals surface area contributed by atoms with Crippen LogP contribution in [0.15, 0.2) is 59.1 Å². The summed E-state index contributed by atoms with van der Waals surface area (Å²) in [5.74, 6) is 1.61. The van der Waals surface area contributed by atoms with Crippen LogP contribution in [0.4, 0.5) is 16.2 Å². The van der Waals surface area contributed by atoms with Crippen molar-refractivity contribution < 1.29 is 14.1 Å². The van der Waals surface area contributed by atoms with Crippen molar-refractivity contribution in [1.29, 1.82) is 0 Å². The molecule has 33 heavy (non-hydrogen) atoms. The summed E-state index contributed by atoms with van der Waals surface area (Å²) in [6.07, 6.45) is 1.19. The number of hydrogen-bond donors (Lipinski definition) is 0. The fourth-order valence-corrected chi connectivity index (χ4v) is 3.85. The third kappa shape index (κ3) is 5.72. The van der Waals surface area contributed by atoms with Gasteiger partial charge in [-0.2, -0.15) is 4.98 Å². The Bertz CT molecular complexity index is 1070. The van der Waals surface area contributed by atoms with Gasteiger partial charge in [0.25, 0.3) is 0 Å². The molecular weight excluding hydrogens is 416 g/mol. The van der Waals surface area contributed by atoms with Gasteiger partial charge in [0.1, 0.15) is 5.60 Å². The first kappa shape index (κ1) is 22.8. The molecule has 0 aliphatic carbocycles. The van der Waals surface area contributed by atoms with Gasteiger partial charge < -0.3 is 14.2 Å². The van der Waals surface area contributed by atoms with E-state index in [2.05, 4.69) is 40.2 Å². The van der Waals surface area contributed by atoms with Gasteiger partial charge in [-0.25, -0.2) is 4.79 Å². The molecule has 3 aromatic rings. The molecule has 2 aromatic carbocycles. The van der Waals surface area contributed by atoms with Gasteiger partial charge in [0.15, 0.2) is 5.82 Å². The Hall–Kier alpha value is -3.35. The maximum absolute atomic E-state index is 12.7. The average molecular weight is 449 g/mol. The lowest BCUT2D eigenvalue weighted by Crippen LogP contribution is -2.45. The van der Waals surface area contributed by atoms with Crippen molar-refractivity contribution in [3.05, 3.63) is 71.9 Å². The minimum atomic E-state index is -0.533. The number of benzene rings is 2. The highest BCUT2D eigenvalue weighted by molar-refractivity contribution is 5.88. The van der Waals surface area contributed by atoms with Gasteiger partial charge in [-0.3, -0.25) is 4.90 Å². The molecule has 4 rings (SSSR count). The van der Waals surface area contributed by atoms with Gasteiger partial charge in [0, 0.05) is 37.4 Å². The Kier molecular flexibility index (Phi) is 6.67. The van der Waals surface area contributed by atoms with Crippen LogP contribution in [0.5, 0.6) is 0 Å². The molecule has 1 fully saturated rings. The molecule has 0 spiro atoms. The molecule has 0 radical (unpaired) electrons. The second-order valence-corrected chi connectivity index (χ2v) is 9.46. The molecule has 0 N–H and O–H groups in total. The van der Waals surface area contributed by atoms with E-state index in [4.69, 9.17) is 9.26 Å². The lowest BCUT2D eigenvalue weighted by molar-refractivity contribution is 0.0580. The Morgan fingerprint density at radius 1 is 1.15 bits per heavy atom. The molecule has 0 bridgehead atoms. The van der Waals surface area contributed by atoms with Gasteiger partial charge in [-0.05, 0) is 51.0 Å². The summed E-state index contributed by atoms with van der Waals surface area (Å²) in [7, 11) is 0. The second-order valence-electron chi connectivity index (χ2n) is 9.46. The minimum Gasteiger partial charge on any atom is -0.443 e. The van der Waals surface area contributed by atoms with Crippen LogP contribution >= 0.6 is 0 Å². The van der Waals surface area contributed by atoms with Crippen molar-refractivity contribution in [2.75, 3.05) is 29.4 Å². The third-order valence-electron chi connectivity index (χ3n) is 5.49. The van der Waals surface area contributed by atoms with Crippen LogP contribution in [0, 0.1) is 0 Å². The second kappa shape index (κ2) is 9.65. The molecule has 1 aliphatic rings. The van der Waals surface area contributed by atoms with E-state index in [-0.39, 0.29) is 12.0 Å². The van der Waals surface area contributed by atoms with Crippen molar-refractivity contribution in [3.63, 3.8) is 0 Å². The number of aromatic nitrogens is 2. The van der Waals surface area contributed by atoms with E-state index >= 15 is 0 Å². The first-order chi connectivity index (χ1) is 15.8. The number of amides is 1. The predicted octanol–water partition coefficient (Wildman–Crippen LogP) is 5.42. The summed E-state index contributed by atoms with van der Waals surface area (Å²) in [4.78, 5) is 21.3. The lowest BCUT2D eigenvalue weighted by Gasteiger charge is -2.39. The molecule has 1 amide bonds. The molecule has 0 unspecified atom stereocenters. The Balaban J connectivity index is 1.40. The maximum atomic E-state index is 12.7. The molecule has 0 saturated carbocycles. The summed E-state index contributed by atoms with van der Waals surface area (Å²) in [6, 6.07) is 18.2. The zero-order valence-corrected chi connectivity index (χ0v) is 19.8. The van der Waals surface area contributed by atoms with Crippen LogP contribution in [0.1, 0.15) is 57.3 Å². The maximum Gasteiger partial charge on any atom is 0.414 e. The average Bonchev–Trinajstić information content (AvgIpc) is 3.18. The molecule has 1 aliphatic heterocycles. The number of carbonyl (C=O) groups is 1. The normalized spacial score (nSPS) is 14.1. The molecule has 7 heteroatoms. The summed E-state index contributed by atoms with van der Waals surface area (Å²) in [6.45, 7) is 9.91. The topological polar surface area (TPSA) is 71.7 Å². The van der Waals surface area contributed by atoms with Crippen LogP contribution in [0.25, 0.3) is 0 Å². The zero-order chi connectivity index (χ0) is 23.4. The number of nitrogens with zero attached hydrogens (tertiary/aromatic N) is 4. The zero-order valence-electron chi connectivity index (χ0n) is 19.8. The summed E-state index contributed by atoms with van der Waals surface area (Å²) < 4.78 is 11.2. The number of anilines is 2. The predicted molar refractivity (Wildman–Crippen MR) is 129 cm³/mol. The highest BCUT2D eigenvalue weighted by Gasteiger charge is 2.33. The first-order valence-electron chi connectivity index (χ1n) is 11.5. The quantitative estimate of drug-likeness (QED) is 0.481. The largest absolute Gasteiger partial charge is 0.443 e. The van der Waals surface area contributed by atoms with Crippen molar-refractivity contribution in [2.45, 2.75) is 52.1 Å². The van der Waals surface area contributed by atoms with Crippen molar-refractivity contribution >= 4 is 17.5 Å². The molecule has 2 heterocycles. The van der Waals surface area contributed by atoms with Crippen molar-refractivity contribution in [1.82, 2.24) is 10.1 Å². The van der Waals surface area contributed by atoms with Crippen LogP contribution in [-0.2, 0) is 11.2 Å². The number of carbonyl (C=O) groups excluding carboxylic acids is 1. The fraction of sp³-hybridized carbons (Fsp3) is 0.423. The first-order valence-corrected chi connectivity index (χ1v) is 11.5. The Morgan fingerprint density at radius 2 is 1.91 bits per heavy atom. The lowest BCUT2D eigenvalue weighted by atomic mass is 9.99. The Labute approximate surface area is 195 Å². The molecular formula is C26H32N4O3. The van der Waals surface area contributed by atoms with Gasteiger partial charge in [0.05, 0.1) is 5.92 Å². The van der Waals surface area contributed by atoms with E-state index in [1.165, 1.54) is 5.56 Å². The summed E-state index contributed by atoms with van der Waals surface area (Å²) >= 11 is 0. The smallest absolute Gasteiger partial charge is 0.414 e. The fourth-order valence-electron chi connectivity index (χ4n) is 3.85. The molecule has 7 nitrogen and oxygen atoms in total. The third-order valence-corrected chi connectivity index (χ3v) is 5.49. The highest BCUT2D eigenvalue weighted by Crippen LogP contribution is 2.33. The van der Waals surface area contributed by atoms with E-state index in [9.17, 15) is 4.79 Å². The van der Waals surface area contributed by atoms with Gasteiger partial charge >= 0.3 is 6.09 Å². The van der Waals surface area contributed by atoms with Crippen LogP contribution in [-0.4, -0.2) is 41.5 Å². The van der Waals surface area contributed by atoms with Gasteiger partial charge in [0.2, 0.25) is 5.89 Å². The highest BCUT2D eigenvalue weighted by atomic mass is 16.6. The van der Waals surface area contributed by atoms with Crippen LogP contribution in [0.2, 0.25) is 0 Å². The minimum absolute atomic E-state index is 0.211. The van der Waals surface area contributed by atoms with E-state index in [1.54, 1.807) is 4.90 Å². The SMILES string of the molecule is CCCN(C(=O)OC(C)(C)C)c1cccc(N2CC(c3nc(Cc4ccccc4)no3)C2)c1. The molecule has 0 atom stereocenters. The van der Waals surface area contributed by atoms with E-state index in [0.717, 1.165) is 30.9 Å². The standard InChI is InChI=1S/C26H32N4O3/c1-5-14-30(25(31)32-26(2,3)4)22-13-9-12-21(16-22)29-17-20(18-29)24-27-23(28-33-24)15-19-10-7-6-8-11-19/h6-13,16,20H,5,14-15,17-18H2,1-4H3. The van der Waals surface area contributed by atoms with Crippen molar-refractivity contribution in [2.24, 2.45) is 0 Å². The monoisotopic (exact) mass is 448 g/mol. The summed E-state index contributed by atoms with van der Waals surface area (Å²) in [5.41, 5.74) is 2.54. The van der Waals surface area contributed by atoms with Gasteiger partial charge in [-0.15, -0.1) is 0 Å². The molecule has 174 valence electrons. The number of ether oxygens (including phenoxy) is 1. The van der Waals surface area contributed by atoms with Gasteiger partial charge in [-0.1, -0.05) is 48.5 Å². The van der Waals surface area contributed by atoms with E-state index in [1.807, 2.05) is 57.2 Å².